The number of nitrogens with zero attached hydrogens (tertiary/aromatic N) is 3. The van der Waals surface area contributed by atoms with Gasteiger partial charge in [-0.15, -0.1) is 10.2 Å². The van der Waals surface area contributed by atoms with E-state index in [-0.39, 0.29) is 0 Å². The van der Waals surface area contributed by atoms with Gasteiger partial charge in [0.2, 0.25) is 5.13 Å². The molecule has 2 aromatic heterocycles. The SMILES string of the molecule is COc1cccc2c(-c3nnc(N)s3)cc(C)nc12. The van der Waals surface area contributed by atoms with Gasteiger partial charge in [0.25, 0.3) is 0 Å². The topological polar surface area (TPSA) is 73.9 Å². The summed E-state index contributed by atoms with van der Waals surface area (Å²) in [6, 6.07) is 7.82. The number of aryl methyl sites for hydroxylation is 1. The molecule has 0 aliphatic carbocycles. The summed E-state index contributed by atoms with van der Waals surface area (Å²) in [5.74, 6) is 0.750. The summed E-state index contributed by atoms with van der Waals surface area (Å²) in [7, 11) is 1.64. The Morgan fingerprint density at radius 2 is 2.11 bits per heavy atom. The van der Waals surface area contributed by atoms with Gasteiger partial charge < -0.3 is 10.5 Å². The standard InChI is InChI=1S/C13H12N4OS/c1-7-6-9(12-16-17-13(14)19-12)8-4-3-5-10(18-2)11(8)15-7/h3-6H,1-2H3,(H2,14,17). The second-order valence-corrected chi connectivity index (χ2v) is 5.12. The predicted molar refractivity (Wildman–Crippen MR) is 76.3 cm³/mol. The Bertz CT molecular complexity index is 753. The molecule has 1 aromatic carbocycles. The van der Waals surface area contributed by atoms with Crippen LogP contribution in [0.3, 0.4) is 0 Å². The first-order valence-electron chi connectivity index (χ1n) is 5.73. The average Bonchev–Trinajstić information content (AvgIpc) is 2.83. The predicted octanol–water partition coefficient (Wildman–Crippen LogP) is 2.65. The molecule has 0 fully saturated rings. The van der Waals surface area contributed by atoms with Gasteiger partial charge in [-0.1, -0.05) is 23.5 Å². The zero-order valence-electron chi connectivity index (χ0n) is 10.5. The number of nitrogens with two attached hydrogens (primary N) is 1. The van der Waals surface area contributed by atoms with E-state index in [9.17, 15) is 0 Å². The highest BCUT2D eigenvalue weighted by Crippen LogP contribution is 2.34. The van der Waals surface area contributed by atoms with Crippen molar-refractivity contribution in [2.75, 3.05) is 12.8 Å². The highest BCUT2D eigenvalue weighted by atomic mass is 32.1. The van der Waals surface area contributed by atoms with Gasteiger partial charge in [-0.2, -0.15) is 0 Å². The lowest BCUT2D eigenvalue weighted by Gasteiger charge is -2.08. The molecule has 19 heavy (non-hydrogen) atoms. The summed E-state index contributed by atoms with van der Waals surface area (Å²) < 4.78 is 5.36. The van der Waals surface area contributed by atoms with Crippen LogP contribution in [0.5, 0.6) is 5.75 Å². The fourth-order valence-corrected chi connectivity index (χ4v) is 2.68. The van der Waals surface area contributed by atoms with Crippen LogP contribution in [0, 0.1) is 6.92 Å². The Morgan fingerprint density at radius 1 is 1.26 bits per heavy atom. The van der Waals surface area contributed by atoms with E-state index in [1.807, 2.05) is 31.2 Å². The second-order valence-electron chi connectivity index (χ2n) is 4.11. The minimum Gasteiger partial charge on any atom is -0.494 e. The number of hydrogen-bond donors (Lipinski definition) is 1. The summed E-state index contributed by atoms with van der Waals surface area (Å²) in [5, 5.41) is 10.2. The fraction of sp³-hybridized carbons (Fsp3) is 0.154. The summed E-state index contributed by atoms with van der Waals surface area (Å²) in [4.78, 5) is 4.54. The summed E-state index contributed by atoms with van der Waals surface area (Å²) in [5.41, 5.74) is 8.37. The van der Waals surface area contributed by atoms with Crippen molar-refractivity contribution in [1.29, 1.82) is 0 Å². The van der Waals surface area contributed by atoms with Gasteiger partial charge in [-0.25, -0.2) is 4.98 Å². The zero-order valence-corrected chi connectivity index (χ0v) is 11.4. The number of rotatable bonds is 2. The van der Waals surface area contributed by atoms with Gasteiger partial charge in [-0.3, -0.25) is 0 Å². The Morgan fingerprint density at radius 3 is 2.79 bits per heavy atom. The maximum absolute atomic E-state index is 5.66. The van der Waals surface area contributed by atoms with Crippen LogP contribution in [-0.2, 0) is 0 Å². The van der Waals surface area contributed by atoms with Crippen LogP contribution in [-0.4, -0.2) is 22.3 Å². The van der Waals surface area contributed by atoms with Crippen LogP contribution in [0.25, 0.3) is 21.5 Å². The molecule has 0 spiro atoms. The van der Waals surface area contributed by atoms with Crippen molar-refractivity contribution in [2.24, 2.45) is 0 Å². The number of nitrogen functional groups attached to an aromatic ring is 1. The molecule has 0 aliphatic rings. The second kappa shape index (κ2) is 4.47. The summed E-state index contributed by atoms with van der Waals surface area (Å²) in [6.45, 7) is 1.94. The van der Waals surface area contributed by atoms with E-state index in [2.05, 4.69) is 15.2 Å². The van der Waals surface area contributed by atoms with Crippen LogP contribution in [0.1, 0.15) is 5.69 Å². The fourth-order valence-electron chi connectivity index (χ4n) is 2.04. The maximum atomic E-state index is 5.66. The van der Waals surface area contributed by atoms with Crippen molar-refractivity contribution in [3.05, 3.63) is 30.0 Å². The Kier molecular flexibility index (Phi) is 2.79. The molecule has 2 N–H and O–H groups in total. The van der Waals surface area contributed by atoms with E-state index >= 15 is 0 Å². The molecule has 0 saturated carbocycles. The van der Waals surface area contributed by atoms with E-state index in [1.165, 1.54) is 11.3 Å². The third-order valence-corrected chi connectivity index (χ3v) is 3.61. The van der Waals surface area contributed by atoms with Gasteiger partial charge in [0.15, 0.2) is 0 Å². The van der Waals surface area contributed by atoms with Crippen LogP contribution >= 0.6 is 11.3 Å². The van der Waals surface area contributed by atoms with Crippen molar-refractivity contribution in [2.45, 2.75) is 6.92 Å². The first-order chi connectivity index (χ1) is 9.19. The maximum Gasteiger partial charge on any atom is 0.203 e. The molecule has 96 valence electrons. The molecule has 6 heteroatoms. The molecule has 5 nitrogen and oxygen atoms in total. The van der Waals surface area contributed by atoms with Crippen LogP contribution in [0.2, 0.25) is 0 Å². The molecule has 0 unspecified atom stereocenters. The van der Waals surface area contributed by atoms with E-state index in [1.54, 1.807) is 7.11 Å². The van der Waals surface area contributed by atoms with Crippen LogP contribution in [0.4, 0.5) is 5.13 Å². The lowest BCUT2D eigenvalue weighted by atomic mass is 10.1. The molecule has 0 atom stereocenters. The third kappa shape index (κ3) is 2.00. The molecule has 0 saturated heterocycles. The summed E-state index contributed by atoms with van der Waals surface area (Å²) >= 11 is 1.36. The minimum atomic E-state index is 0.459. The molecule has 0 aliphatic heterocycles. The van der Waals surface area contributed by atoms with Crippen molar-refractivity contribution < 1.29 is 4.74 Å². The highest BCUT2D eigenvalue weighted by Gasteiger charge is 2.13. The molecular formula is C13H12N4OS. The number of aromatic nitrogens is 3. The van der Waals surface area contributed by atoms with Gasteiger partial charge in [0.05, 0.1) is 7.11 Å². The molecule has 3 aromatic rings. The quantitative estimate of drug-likeness (QED) is 0.776. The van der Waals surface area contributed by atoms with Gasteiger partial charge in [0.1, 0.15) is 16.3 Å². The molecule has 2 heterocycles. The molecule has 0 radical (unpaired) electrons. The number of fused-ring (bicyclic) bond motifs is 1. The van der Waals surface area contributed by atoms with Crippen molar-refractivity contribution in [3.8, 4) is 16.3 Å². The largest absolute Gasteiger partial charge is 0.494 e. The number of benzene rings is 1. The first kappa shape index (κ1) is 11.9. The van der Waals surface area contributed by atoms with Gasteiger partial charge >= 0.3 is 0 Å². The number of anilines is 1. The number of pyridine rings is 1. The highest BCUT2D eigenvalue weighted by molar-refractivity contribution is 7.18. The number of methoxy groups -OCH3 is 1. The van der Waals surface area contributed by atoms with Gasteiger partial charge in [0, 0.05) is 16.6 Å². The third-order valence-electron chi connectivity index (χ3n) is 2.82. The van der Waals surface area contributed by atoms with Gasteiger partial charge in [-0.05, 0) is 19.1 Å². The first-order valence-corrected chi connectivity index (χ1v) is 6.54. The molecule has 3 rings (SSSR count). The smallest absolute Gasteiger partial charge is 0.203 e. The number of para-hydroxylation sites is 1. The molecular weight excluding hydrogens is 260 g/mol. The number of ether oxygens (including phenoxy) is 1. The lowest BCUT2D eigenvalue weighted by Crippen LogP contribution is -1.92. The van der Waals surface area contributed by atoms with Crippen LogP contribution in [0.15, 0.2) is 24.3 Å². The van der Waals surface area contributed by atoms with E-state index in [0.717, 1.165) is 32.9 Å². The monoisotopic (exact) mass is 272 g/mol. The average molecular weight is 272 g/mol. The normalized spacial score (nSPS) is 10.8. The van der Waals surface area contributed by atoms with Crippen molar-refractivity contribution in [3.63, 3.8) is 0 Å². The Balaban J connectivity index is 2.36. The number of hydrogen-bond acceptors (Lipinski definition) is 6. The van der Waals surface area contributed by atoms with E-state index in [4.69, 9.17) is 10.5 Å². The Labute approximate surface area is 114 Å². The van der Waals surface area contributed by atoms with E-state index < -0.39 is 0 Å². The van der Waals surface area contributed by atoms with Crippen molar-refractivity contribution >= 4 is 27.4 Å². The van der Waals surface area contributed by atoms with Crippen molar-refractivity contribution in [1.82, 2.24) is 15.2 Å². The molecule has 0 bridgehead atoms. The zero-order chi connectivity index (χ0) is 13.4. The molecule has 0 amide bonds. The van der Waals surface area contributed by atoms with E-state index in [0.29, 0.717) is 5.13 Å². The lowest BCUT2D eigenvalue weighted by molar-refractivity contribution is 0.419. The minimum absolute atomic E-state index is 0.459. The summed E-state index contributed by atoms with van der Waals surface area (Å²) in [6.07, 6.45) is 0. The van der Waals surface area contributed by atoms with Crippen LogP contribution < -0.4 is 10.5 Å². The Hall–Kier alpha value is -2.21.